The van der Waals surface area contributed by atoms with Gasteiger partial charge in [-0.2, -0.15) is 0 Å². The normalized spacial score (nSPS) is 19.9. The van der Waals surface area contributed by atoms with Gasteiger partial charge in [-0.25, -0.2) is 4.98 Å². The van der Waals surface area contributed by atoms with Crippen molar-refractivity contribution >= 4 is 36.5 Å². The van der Waals surface area contributed by atoms with Crippen molar-refractivity contribution in [1.29, 1.82) is 0 Å². The summed E-state index contributed by atoms with van der Waals surface area (Å²) in [6.07, 6.45) is 10.8. The Morgan fingerprint density at radius 3 is 2.73 bits per heavy atom. The molecule has 1 aliphatic carbocycles. The number of rotatable bonds is 7. The average Bonchev–Trinajstić information content (AvgIpc) is 3.14. The zero-order valence-electron chi connectivity index (χ0n) is 15.2. The van der Waals surface area contributed by atoms with E-state index in [9.17, 15) is 4.79 Å². The minimum absolute atomic E-state index is 0. The summed E-state index contributed by atoms with van der Waals surface area (Å²) in [6, 6.07) is 3.75. The second-order valence-corrected chi connectivity index (χ2v) is 7.11. The maximum absolute atomic E-state index is 12.2. The third kappa shape index (κ3) is 7.29. The maximum atomic E-state index is 12.2. The number of nitrogens with zero attached hydrogens (tertiary/aromatic N) is 1. The molecule has 1 aromatic heterocycles. The highest BCUT2D eigenvalue weighted by atomic mass is 35.5. The Balaban J connectivity index is 0.00000169. The lowest BCUT2D eigenvalue weighted by Gasteiger charge is -2.22. The zero-order valence-corrected chi connectivity index (χ0v) is 16.9. The number of hydrogen-bond donors (Lipinski definition) is 2. The fourth-order valence-electron chi connectivity index (χ4n) is 3.65. The zero-order chi connectivity index (χ0) is 16.6. The van der Waals surface area contributed by atoms with Crippen LogP contribution in [0.1, 0.15) is 51.4 Å². The SMILES string of the molecule is Cl.Cl.O=C(CCC1CCNC1)Nc1ncccc1OCC1CCCCC1. The molecule has 1 saturated carbocycles. The topological polar surface area (TPSA) is 63.2 Å². The molecule has 2 fully saturated rings. The molecule has 7 heteroatoms. The maximum Gasteiger partial charge on any atom is 0.225 e. The van der Waals surface area contributed by atoms with Crippen molar-refractivity contribution in [1.82, 2.24) is 10.3 Å². The molecule has 1 amide bonds. The third-order valence-corrected chi connectivity index (χ3v) is 5.17. The summed E-state index contributed by atoms with van der Waals surface area (Å²) in [6.45, 7) is 2.83. The van der Waals surface area contributed by atoms with E-state index in [4.69, 9.17) is 4.74 Å². The van der Waals surface area contributed by atoms with Crippen LogP contribution >= 0.6 is 24.8 Å². The van der Waals surface area contributed by atoms with Gasteiger partial charge in [0.2, 0.25) is 5.91 Å². The van der Waals surface area contributed by atoms with Crippen LogP contribution in [0.5, 0.6) is 5.75 Å². The van der Waals surface area contributed by atoms with Crippen LogP contribution in [0.4, 0.5) is 5.82 Å². The van der Waals surface area contributed by atoms with Gasteiger partial charge in [-0.1, -0.05) is 19.3 Å². The fraction of sp³-hybridized carbons (Fsp3) is 0.684. The van der Waals surface area contributed by atoms with Crippen LogP contribution in [0.3, 0.4) is 0 Å². The smallest absolute Gasteiger partial charge is 0.225 e. The van der Waals surface area contributed by atoms with E-state index < -0.39 is 0 Å². The lowest BCUT2D eigenvalue weighted by Crippen LogP contribution is -2.18. The summed E-state index contributed by atoms with van der Waals surface area (Å²) in [5.74, 6) is 2.55. The number of nitrogens with one attached hydrogen (secondary N) is 2. The van der Waals surface area contributed by atoms with Crippen LogP contribution in [-0.2, 0) is 4.79 Å². The van der Waals surface area contributed by atoms with Crippen molar-refractivity contribution in [3.63, 3.8) is 0 Å². The van der Waals surface area contributed by atoms with E-state index in [1.54, 1.807) is 6.20 Å². The number of carbonyl (C=O) groups excluding carboxylic acids is 1. The summed E-state index contributed by atoms with van der Waals surface area (Å²) >= 11 is 0. The standard InChI is InChI=1S/C19H29N3O2.2ClH/c23-18(9-8-15-10-12-20-13-15)22-19-17(7-4-11-21-19)24-14-16-5-2-1-3-6-16;;/h4,7,11,15-16,20H,1-3,5-6,8-10,12-14H2,(H,21,22,23);2*1H. The molecule has 0 aromatic carbocycles. The number of halogens is 2. The van der Waals surface area contributed by atoms with Gasteiger partial charge in [0.25, 0.3) is 0 Å². The van der Waals surface area contributed by atoms with Crippen LogP contribution in [-0.4, -0.2) is 30.6 Å². The highest BCUT2D eigenvalue weighted by Crippen LogP contribution is 2.27. The first-order chi connectivity index (χ1) is 11.8. The summed E-state index contributed by atoms with van der Waals surface area (Å²) in [5, 5.41) is 6.27. The van der Waals surface area contributed by atoms with Gasteiger partial charge in [0.15, 0.2) is 11.6 Å². The molecule has 2 aliphatic rings. The molecule has 1 unspecified atom stereocenters. The third-order valence-electron chi connectivity index (χ3n) is 5.17. The second kappa shape index (κ2) is 12.4. The molecule has 148 valence electrons. The Kier molecular flexibility index (Phi) is 10.9. The van der Waals surface area contributed by atoms with Crippen molar-refractivity contribution in [2.24, 2.45) is 11.8 Å². The lowest BCUT2D eigenvalue weighted by atomic mass is 9.90. The number of carbonyl (C=O) groups is 1. The molecule has 1 atom stereocenters. The lowest BCUT2D eigenvalue weighted by molar-refractivity contribution is -0.116. The number of amides is 1. The average molecular weight is 404 g/mol. The number of ether oxygens (including phenoxy) is 1. The van der Waals surface area contributed by atoms with E-state index in [0.29, 0.717) is 29.8 Å². The van der Waals surface area contributed by atoms with Gasteiger partial charge in [0, 0.05) is 12.6 Å². The van der Waals surface area contributed by atoms with E-state index >= 15 is 0 Å². The summed E-state index contributed by atoms with van der Waals surface area (Å²) in [7, 11) is 0. The number of anilines is 1. The molecule has 5 nitrogen and oxygen atoms in total. The largest absolute Gasteiger partial charge is 0.489 e. The van der Waals surface area contributed by atoms with E-state index in [1.165, 1.54) is 38.5 Å². The molecular formula is C19H31Cl2N3O2. The summed E-state index contributed by atoms with van der Waals surface area (Å²) in [4.78, 5) is 16.5. The first-order valence-corrected chi connectivity index (χ1v) is 9.39. The monoisotopic (exact) mass is 403 g/mol. The van der Waals surface area contributed by atoms with Gasteiger partial charge in [-0.05, 0) is 62.7 Å². The van der Waals surface area contributed by atoms with E-state index in [-0.39, 0.29) is 30.7 Å². The molecule has 0 spiro atoms. The first-order valence-electron chi connectivity index (χ1n) is 9.39. The van der Waals surface area contributed by atoms with Gasteiger partial charge in [0.05, 0.1) is 6.61 Å². The Bertz CT molecular complexity index is 533. The molecule has 0 bridgehead atoms. The molecule has 1 saturated heterocycles. The fourth-order valence-corrected chi connectivity index (χ4v) is 3.65. The van der Waals surface area contributed by atoms with E-state index in [2.05, 4.69) is 15.6 Å². The highest BCUT2D eigenvalue weighted by molar-refractivity contribution is 5.91. The van der Waals surface area contributed by atoms with Crippen molar-refractivity contribution < 1.29 is 9.53 Å². The van der Waals surface area contributed by atoms with Gasteiger partial charge in [0.1, 0.15) is 0 Å². The minimum atomic E-state index is 0. The second-order valence-electron chi connectivity index (χ2n) is 7.11. The molecule has 2 heterocycles. The van der Waals surface area contributed by atoms with Gasteiger partial charge < -0.3 is 15.4 Å². The van der Waals surface area contributed by atoms with E-state index in [1.807, 2.05) is 12.1 Å². The Hall–Kier alpha value is -1.04. The van der Waals surface area contributed by atoms with E-state index in [0.717, 1.165) is 26.1 Å². The quantitative estimate of drug-likeness (QED) is 0.715. The van der Waals surface area contributed by atoms with Crippen molar-refractivity contribution in [2.75, 3.05) is 25.0 Å². The molecular weight excluding hydrogens is 373 g/mol. The molecule has 1 aromatic rings. The van der Waals surface area contributed by atoms with Crippen LogP contribution in [0.2, 0.25) is 0 Å². The van der Waals surface area contributed by atoms with Gasteiger partial charge >= 0.3 is 0 Å². The van der Waals surface area contributed by atoms with Crippen molar-refractivity contribution in [3.8, 4) is 5.75 Å². The van der Waals surface area contributed by atoms with Crippen LogP contribution in [0, 0.1) is 11.8 Å². The van der Waals surface area contributed by atoms with Crippen LogP contribution in [0.15, 0.2) is 18.3 Å². The minimum Gasteiger partial charge on any atom is -0.489 e. The van der Waals surface area contributed by atoms with Crippen molar-refractivity contribution in [3.05, 3.63) is 18.3 Å². The highest BCUT2D eigenvalue weighted by Gasteiger charge is 2.18. The number of hydrogen-bond acceptors (Lipinski definition) is 4. The molecule has 2 N–H and O–H groups in total. The molecule has 0 radical (unpaired) electrons. The van der Waals surface area contributed by atoms with Crippen LogP contribution < -0.4 is 15.4 Å². The molecule has 26 heavy (non-hydrogen) atoms. The predicted molar refractivity (Wildman–Crippen MR) is 110 cm³/mol. The summed E-state index contributed by atoms with van der Waals surface area (Å²) < 4.78 is 5.97. The number of aromatic nitrogens is 1. The van der Waals surface area contributed by atoms with Gasteiger partial charge in [-0.15, -0.1) is 24.8 Å². The Morgan fingerprint density at radius 1 is 1.19 bits per heavy atom. The number of pyridine rings is 1. The Labute approximate surface area is 168 Å². The molecule has 1 aliphatic heterocycles. The first kappa shape index (κ1) is 23.0. The van der Waals surface area contributed by atoms with Gasteiger partial charge in [-0.3, -0.25) is 4.79 Å². The summed E-state index contributed by atoms with van der Waals surface area (Å²) in [5.41, 5.74) is 0. The van der Waals surface area contributed by atoms with Crippen LogP contribution in [0.25, 0.3) is 0 Å². The predicted octanol–water partition coefficient (Wildman–Crippen LogP) is 4.21. The Morgan fingerprint density at radius 2 is 2.00 bits per heavy atom. The van der Waals surface area contributed by atoms with Crippen molar-refractivity contribution in [2.45, 2.75) is 51.4 Å². The molecule has 3 rings (SSSR count).